The van der Waals surface area contributed by atoms with E-state index in [1.807, 2.05) is 12.3 Å². The first-order valence-corrected chi connectivity index (χ1v) is 6.87. The molecule has 0 radical (unpaired) electrons. The monoisotopic (exact) mass is 381 g/mol. The second-order valence-electron chi connectivity index (χ2n) is 3.78. The maximum absolute atomic E-state index is 13.7. The van der Waals surface area contributed by atoms with Gasteiger partial charge < -0.3 is 10.6 Å². The molecular formula is C12H17FIN3S. The zero-order chi connectivity index (χ0) is 12.1. The van der Waals surface area contributed by atoms with Crippen molar-refractivity contribution in [2.24, 2.45) is 4.99 Å². The molecule has 100 valence electrons. The number of nitrogens with zero attached hydrogens (tertiary/aromatic N) is 1. The third kappa shape index (κ3) is 4.01. The van der Waals surface area contributed by atoms with E-state index < -0.39 is 0 Å². The van der Waals surface area contributed by atoms with Crippen LogP contribution < -0.4 is 10.6 Å². The Balaban J connectivity index is 0.00000162. The predicted octanol–water partition coefficient (Wildman–Crippen LogP) is 2.60. The van der Waals surface area contributed by atoms with Gasteiger partial charge in [0.15, 0.2) is 5.96 Å². The van der Waals surface area contributed by atoms with Crippen molar-refractivity contribution in [1.82, 2.24) is 10.6 Å². The Bertz CT molecular complexity index is 426. The first kappa shape index (κ1) is 15.6. The highest BCUT2D eigenvalue weighted by molar-refractivity contribution is 14.0. The van der Waals surface area contributed by atoms with Crippen molar-refractivity contribution in [3.05, 3.63) is 29.6 Å². The Hall–Kier alpha value is -0.500. The Labute approximate surface area is 128 Å². The van der Waals surface area contributed by atoms with Gasteiger partial charge in [0.05, 0.1) is 0 Å². The first-order valence-electron chi connectivity index (χ1n) is 5.65. The molecule has 0 spiro atoms. The van der Waals surface area contributed by atoms with Gasteiger partial charge in [0.2, 0.25) is 0 Å². The molecule has 0 amide bonds. The summed E-state index contributed by atoms with van der Waals surface area (Å²) < 4.78 is 13.7. The molecule has 2 N–H and O–H groups in total. The lowest BCUT2D eigenvalue weighted by molar-refractivity contribution is 0.596. The van der Waals surface area contributed by atoms with Crippen molar-refractivity contribution in [3.63, 3.8) is 0 Å². The fourth-order valence-corrected chi connectivity index (χ4v) is 2.36. The molecule has 0 aromatic heterocycles. The lowest BCUT2D eigenvalue weighted by Gasteiger charge is -2.17. The molecule has 0 aliphatic carbocycles. The Morgan fingerprint density at radius 3 is 3.00 bits per heavy atom. The van der Waals surface area contributed by atoms with Gasteiger partial charge in [-0.25, -0.2) is 4.39 Å². The van der Waals surface area contributed by atoms with Crippen LogP contribution >= 0.6 is 35.7 Å². The van der Waals surface area contributed by atoms with Crippen molar-refractivity contribution in [3.8, 4) is 0 Å². The van der Waals surface area contributed by atoms with Crippen LogP contribution in [0.3, 0.4) is 0 Å². The number of thioether (sulfide) groups is 1. The minimum absolute atomic E-state index is 0. The number of hydrogen-bond acceptors (Lipinski definition) is 4. The molecule has 0 bridgehead atoms. The van der Waals surface area contributed by atoms with Gasteiger partial charge >= 0.3 is 0 Å². The van der Waals surface area contributed by atoms with Crippen LogP contribution in [0.15, 0.2) is 28.1 Å². The van der Waals surface area contributed by atoms with Crippen LogP contribution in [-0.4, -0.2) is 25.3 Å². The minimum Gasteiger partial charge on any atom is -0.356 e. The van der Waals surface area contributed by atoms with E-state index in [0.29, 0.717) is 12.1 Å². The van der Waals surface area contributed by atoms with Crippen molar-refractivity contribution < 1.29 is 4.39 Å². The highest BCUT2D eigenvalue weighted by Gasteiger charge is 2.09. The fourth-order valence-electron chi connectivity index (χ4n) is 1.72. The lowest BCUT2D eigenvalue weighted by atomic mass is 10.2. The number of nitrogens with one attached hydrogen (secondary N) is 2. The summed E-state index contributed by atoms with van der Waals surface area (Å²) in [6.45, 7) is 2.23. The summed E-state index contributed by atoms with van der Waals surface area (Å²) in [5.41, 5.74) is 0.704. The van der Waals surface area contributed by atoms with Gasteiger partial charge in [-0.1, -0.05) is 6.07 Å². The van der Waals surface area contributed by atoms with E-state index in [0.717, 1.165) is 30.4 Å². The van der Waals surface area contributed by atoms with Crippen molar-refractivity contribution in [1.29, 1.82) is 0 Å². The predicted molar refractivity (Wildman–Crippen MR) is 85.4 cm³/mol. The van der Waals surface area contributed by atoms with Crippen LogP contribution in [0.5, 0.6) is 0 Å². The van der Waals surface area contributed by atoms with Gasteiger partial charge in [0.1, 0.15) is 5.82 Å². The molecule has 0 unspecified atom stereocenters. The van der Waals surface area contributed by atoms with Gasteiger partial charge in [-0.2, -0.15) is 0 Å². The van der Waals surface area contributed by atoms with E-state index in [1.165, 1.54) is 6.07 Å². The number of halogens is 2. The minimum atomic E-state index is -0.166. The molecule has 0 saturated heterocycles. The van der Waals surface area contributed by atoms with Gasteiger partial charge in [-0.15, -0.1) is 35.7 Å². The largest absolute Gasteiger partial charge is 0.356 e. The van der Waals surface area contributed by atoms with Crippen molar-refractivity contribution in [2.75, 3.05) is 19.3 Å². The molecule has 1 heterocycles. The summed E-state index contributed by atoms with van der Waals surface area (Å²) in [4.78, 5) is 5.26. The zero-order valence-electron chi connectivity index (χ0n) is 10.2. The Morgan fingerprint density at radius 2 is 2.33 bits per heavy atom. The number of rotatable bonds is 3. The molecule has 6 heteroatoms. The molecular weight excluding hydrogens is 364 g/mol. The summed E-state index contributed by atoms with van der Waals surface area (Å²) in [5, 5.41) is 6.29. The molecule has 0 saturated carbocycles. The number of guanidine groups is 1. The number of aliphatic imine (C=N–C) groups is 1. The summed E-state index contributed by atoms with van der Waals surface area (Å²) in [6.07, 6.45) is 3.01. The summed E-state index contributed by atoms with van der Waals surface area (Å²) in [5.74, 6) is 0.604. The van der Waals surface area contributed by atoms with Crippen molar-refractivity contribution in [2.45, 2.75) is 17.9 Å². The van der Waals surface area contributed by atoms with Gasteiger partial charge in [-0.3, -0.25) is 4.99 Å². The molecule has 0 fully saturated rings. The topological polar surface area (TPSA) is 36.4 Å². The average molecular weight is 381 g/mol. The average Bonchev–Trinajstić information content (AvgIpc) is 2.38. The van der Waals surface area contributed by atoms with Gasteiger partial charge in [0.25, 0.3) is 0 Å². The van der Waals surface area contributed by atoms with E-state index in [-0.39, 0.29) is 29.8 Å². The first-order chi connectivity index (χ1) is 8.31. The summed E-state index contributed by atoms with van der Waals surface area (Å²) in [7, 11) is 0. The van der Waals surface area contributed by atoms with Crippen LogP contribution in [-0.2, 0) is 6.54 Å². The van der Waals surface area contributed by atoms with E-state index in [4.69, 9.17) is 0 Å². The van der Waals surface area contributed by atoms with E-state index in [1.54, 1.807) is 17.8 Å². The van der Waals surface area contributed by atoms with Crippen LogP contribution in [0.2, 0.25) is 0 Å². The van der Waals surface area contributed by atoms with Crippen LogP contribution in [0.4, 0.5) is 4.39 Å². The smallest absolute Gasteiger partial charge is 0.191 e. The number of hydrogen-bond donors (Lipinski definition) is 2. The Morgan fingerprint density at radius 1 is 1.50 bits per heavy atom. The normalized spacial score (nSPS) is 14.2. The molecule has 1 aromatic rings. The SMILES string of the molecule is CSc1cccc(F)c1CNC1=NCCCN1.I. The third-order valence-corrected chi connectivity index (χ3v) is 3.45. The van der Waals surface area contributed by atoms with Crippen LogP contribution in [0.1, 0.15) is 12.0 Å². The molecule has 2 rings (SSSR count). The molecule has 1 aliphatic rings. The summed E-state index contributed by atoms with van der Waals surface area (Å²) in [6, 6.07) is 5.16. The summed E-state index contributed by atoms with van der Waals surface area (Å²) >= 11 is 1.56. The zero-order valence-corrected chi connectivity index (χ0v) is 13.3. The van der Waals surface area contributed by atoms with Crippen molar-refractivity contribution >= 4 is 41.7 Å². The fraction of sp³-hybridized carbons (Fsp3) is 0.417. The number of benzene rings is 1. The van der Waals surface area contributed by atoms with Gasteiger partial charge in [0, 0.05) is 30.1 Å². The van der Waals surface area contributed by atoms with E-state index >= 15 is 0 Å². The highest BCUT2D eigenvalue weighted by Crippen LogP contribution is 2.22. The third-order valence-electron chi connectivity index (χ3n) is 2.63. The molecule has 3 nitrogen and oxygen atoms in total. The highest BCUT2D eigenvalue weighted by atomic mass is 127. The second-order valence-corrected chi connectivity index (χ2v) is 4.63. The van der Waals surface area contributed by atoms with Crippen LogP contribution in [0.25, 0.3) is 0 Å². The van der Waals surface area contributed by atoms with E-state index in [9.17, 15) is 4.39 Å². The quantitative estimate of drug-likeness (QED) is 0.624. The van der Waals surface area contributed by atoms with Crippen LogP contribution in [0, 0.1) is 5.82 Å². The molecule has 0 atom stereocenters. The molecule has 18 heavy (non-hydrogen) atoms. The van der Waals surface area contributed by atoms with Gasteiger partial charge in [-0.05, 0) is 24.8 Å². The van der Waals surface area contributed by atoms with E-state index in [2.05, 4.69) is 15.6 Å². The molecule has 1 aliphatic heterocycles. The second kappa shape index (κ2) is 7.83. The standard InChI is InChI=1S/C12H16FN3S.HI/c1-17-11-5-2-4-10(13)9(11)8-16-12-14-6-3-7-15-12;/h2,4-5H,3,6-8H2,1H3,(H2,14,15,16);1H. The Kier molecular flexibility index (Phi) is 6.77. The maximum atomic E-state index is 13.7. The lowest BCUT2D eigenvalue weighted by Crippen LogP contribution is -2.40. The maximum Gasteiger partial charge on any atom is 0.191 e. The molecule has 1 aromatic carbocycles.